The van der Waals surface area contributed by atoms with Crippen LogP contribution < -0.4 is 11.3 Å². The van der Waals surface area contributed by atoms with E-state index < -0.39 is 0 Å². The summed E-state index contributed by atoms with van der Waals surface area (Å²) in [6, 6.07) is 4.89. The standard InChI is InChI=1S/C16H24ClFN2/c1-16(2)9-4-3-6-12(16)15(20-19)10-11-13(17)7-5-8-14(11)18/h5,7-8,12,15,20H,3-4,6,9-10,19H2,1-2H3. The number of hydrogen-bond donors (Lipinski definition) is 2. The second-order valence-electron chi connectivity index (χ2n) is 6.52. The molecule has 1 fully saturated rings. The zero-order valence-electron chi connectivity index (χ0n) is 12.3. The van der Waals surface area contributed by atoms with E-state index in [2.05, 4.69) is 19.3 Å². The van der Waals surface area contributed by atoms with Crippen LogP contribution >= 0.6 is 11.6 Å². The fourth-order valence-electron chi connectivity index (χ4n) is 3.53. The van der Waals surface area contributed by atoms with E-state index in [0.717, 1.165) is 6.42 Å². The minimum Gasteiger partial charge on any atom is -0.271 e. The summed E-state index contributed by atoms with van der Waals surface area (Å²) in [6.45, 7) is 4.56. The van der Waals surface area contributed by atoms with E-state index in [1.165, 1.54) is 25.3 Å². The minimum absolute atomic E-state index is 0.0553. The fourth-order valence-corrected chi connectivity index (χ4v) is 3.77. The van der Waals surface area contributed by atoms with Crippen LogP contribution in [0.5, 0.6) is 0 Å². The van der Waals surface area contributed by atoms with Crippen LogP contribution in [0.4, 0.5) is 4.39 Å². The Balaban J connectivity index is 2.20. The molecule has 4 heteroatoms. The highest BCUT2D eigenvalue weighted by Gasteiger charge is 2.37. The lowest BCUT2D eigenvalue weighted by Gasteiger charge is -2.43. The molecule has 0 aromatic heterocycles. The topological polar surface area (TPSA) is 38.0 Å². The van der Waals surface area contributed by atoms with Gasteiger partial charge in [0.1, 0.15) is 5.82 Å². The molecule has 0 aliphatic heterocycles. The first-order valence-corrected chi connectivity index (χ1v) is 7.72. The van der Waals surface area contributed by atoms with Crippen LogP contribution in [-0.2, 0) is 6.42 Å². The maximum Gasteiger partial charge on any atom is 0.127 e. The molecule has 1 aliphatic carbocycles. The molecule has 0 bridgehead atoms. The third kappa shape index (κ3) is 3.33. The molecule has 0 saturated heterocycles. The van der Waals surface area contributed by atoms with Crippen molar-refractivity contribution >= 4 is 11.6 Å². The average molecular weight is 299 g/mol. The van der Waals surface area contributed by atoms with Gasteiger partial charge in [0, 0.05) is 16.6 Å². The predicted octanol–water partition coefficient (Wildman–Crippen LogP) is 4.07. The predicted molar refractivity (Wildman–Crippen MR) is 82.0 cm³/mol. The summed E-state index contributed by atoms with van der Waals surface area (Å²) in [5.74, 6) is 5.95. The van der Waals surface area contributed by atoms with Gasteiger partial charge in [-0.15, -0.1) is 0 Å². The van der Waals surface area contributed by atoms with E-state index >= 15 is 0 Å². The van der Waals surface area contributed by atoms with Gasteiger partial charge in [0.2, 0.25) is 0 Å². The Labute approximate surface area is 125 Å². The van der Waals surface area contributed by atoms with E-state index in [0.29, 0.717) is 22.9 Å². The lowest BCUT2D eigenvalue weighted by Crippen LogP contribution is -2.49. The van der Waals surface area contributed by atoms with E-state index in [9.17, 15) is 4.39 Å². The Hall–Kier alpha value is -0.640. The molecule has 20 heavy (non-hydrogen) atoms. The minimum atomic E-state index is -0.244. The second kappa shape index (κ2) is 6.42. The van der Waals surface area contributed by atoms with E-state index in [-0.39, 0.29) is 17.3 Å². The summed E-state index contributed by atoms with van der Waals surface area (Å²) in [5, 5.41) is 0.485. The van der Waals surface area contributed by atoms with Gasteiger partial charge in [-0.1, -0.05) is 44.4 Å². The average Bonchev–Trinajstić information content (AvgIpc) is 2.39. The van der Waals surface area contributed by atoms with E-state index in [4.69, 9.17) is 17.4 Å². The summed E-state index contributed by atoms with van der Waals surface area (Å²) in [6.07, 6.45) is 5.35. The maximum atomic E-state index is 14.0. The highest BCUT2D eigenvalue weighted by Crippen LogP contribution is 2.43. The van der Waals surface area contributed by atoms with Gasteiger partial charge in [-0.25, -0.2) is 4.39 Å². The number of rotatable bonds is 4. The van der Waals surface area contributed by atoms with E-state index in [1.54, 1.807) is 12.1 Å². The number of nitrogens with two attached hydrogens (primary N) is 1. The SMILES string of the molecule is CC1(C)CCCCC1C(Cc1c(F)cccc1Cl)NN. The number of benzene rings is 1. The first-order chi connectivity index (χ1) is 9.45. The molecule has 1 aromatic rings. The van der Waals surface area contributed by atoms with E-state index in [1.807, 2.05) is 0 Å². The molecule has 0 spiro atoms. The summed E-state index contributed by atoms with van der Waals surface area (Å²) in [5.41, 5.74) is 3.70. The second-order valence-corrected chi connectivity index (χ2v) is 6.93. The highest BCUT2D eigenvalue weighted by molar-refractivity contribution is 6.31. The lowest BCUT2D eigenvalue weighted by molar-refractivity contribution is 0.0978. The van der Waals surface area contributed by atoms with Crippen molar-refractivity contribution < 1.29 is 4.39 Å². The Morgan fingerprint density at radius 3 is 2.80 bits per heavy atom. The van der Waals surface area contributed by atoms with Crippen LogP contribution in [0.15, 0.2) is 18.2 Å². The first-order valence-electron chi connectivity index (χ1n) is 7.34. The van der Waals surface area contributed by atoms with Crippen molar-refractivity contribution in [2.24, 2.45) is 17.2 Å². The Kier molecular flexibility index (Phi) is 5.05. The summed E-state index contributed by atoms with van der Waals surface area (Å²) < 4.78 is 14.0. The van der Waals surface area contributed by atoms with Crippen LogP contribution in [0.2, 0.25) is 5.02 Å². The monoisotopic (exact) mass is 298 g/mol. The molecule has 3 N–H and O–H groups in total. The van der Waals surface area contributed by atoms with Gasteiger partial charge in [-0.3, -0.25) is 11.3 Å². The molecule has 1 aliphatic rings. The normalized spacial score (nSPS) is 23.6. The Bertz CT molecular complexity index is 442. The molecular weight excluding hydrogens is 275 g/mol. The van der Waals surface area contributed by atoms with Crippen LogP contribution in [-0.4, -0.2) is 6.04 Å². The van der Waals surface area contributed by atoms with Gasteiger partial charge in [0.05, 0.1) is 0 Å². The molecular formula is C16H24ClFN2. The maximum absolute atomic E-state index is 14.0. The fraction of sp³-hybridized carbons (Fsp3) is 0.625. The highest BCUT2D eigenvalue weighted by atomic mass is 35.5. The van der Waals surface area contributed by atoms with Crippen molar-refractivity contribution in [3.63, 3.8) is 0 Å². The third-order valence-corrected chi connectivity index (χ3v) is 5.13. The van der Waals surface area contributed by atoms with Gasteiger partial charge in [-0.05, 0) is 42.7 Å². The van der Waals surface area contributed by atoms with Crippen molar-refractivity contribution in [2.45, 2.75) is 52.0 Å². The molecule has 0 radical (unpaired) electrons. The van der Waals surface area contributed by atoms with Gasteiger partial charge < -0.3 is 0 Å². The first kappa shape index (κ1) is 15.7. The van der Waals surface area contributed by atoms with Crippen LogP contribution in [0, 0.1) is 17.2 Å². The molecule has 0 amide bonds. The van der Waals surface area contributed by atoms with Crippen LogP contribution in [0.1, 0.15) is 45.1 Å². The molecule has 0 heterocycles. The van der Waals surface area contributed by atoms with Crippen molar-refractivity contribution in [1.29, 1.82) is 0 Å². The van der Waals surface area contributed by atoms with Crippen molar-refractivity contribution in [3.8, 4) is 0 Å². The molecule has 1 aromatic carbocycles. The number of nitrogens with one attached hydrogen (secondary N) is 1. The summed E-state index contributed by atoms with van der Waals surface area (Å²) in [4.78, 5) is 0. The number of hydrazine groups is 1. The van der Waals surface area contributed by atoms with Gasteiger partial charge in [0.25, 0.3) is 0 Å². The van der Waals surface area contributed by atoms with Gasteiger partial charge in [0.15, 0.2) is 0 Å². The van der Waals surface area contributed by atoms with Crippen LogP contribution in [0.3, 0.4) is 0 Å². The molecule has 112 valence electrons. The van der Waals surface area contributed by atoms with Gasteiger partial charge in [-0.2, -0.15) is 0 Å². The third-order valence-electron chi connectivity index (χ3n) is 4.78. The molecule has 2 unspecified atom stereocenters. The lowest BCUT2D eigenvalue weighted by atomic mass is 9.65. The zero-order chi connectivity index (χ0) is 14.8. The quantitative estimate of drug-likeness (QED) is 0.649. The van der Waals surface area contributed by atoms with Gasteiger partial charge >= 0.3 is 0 Å². The number of halogens is 2. The molecule has 2 nitrogen and oxygen atoms in total. The van der Waals surface area contributed by atoms with Crippen molar-refractivity contribution in [3.05, 3.63) is 34.6 Å². The zero-order valence-corrected chi connectivity index (χ0v) is 13.0. The molecule has 2 rings (SSSR count). The Morgan fingerprint density at radius 1 is 1.45 bits per heavy atom. The molecule has 1 saturated carbocycles. The van der Waals surface area contributed by atoms with Crippen LogP contribution in [0.25, 0.3) is 0 Å². The van der Waals surface area contributed by atoms with Crippen molar-refractivity contribution in [2.75, 3.05) is 0 Å². The largest absolute Gasteiger partial charge is 0.271 e. The number of hydrogen-bond acceptors (Lipinski definition) is 2. The Morgan fingerprint density at radius 2 is 2.20 bits per heavy atom. The molecule has 2 atom stereocenters. The van der Waals surface area contributed by atoms with Crippen molar-refractivity contribution in [1.82, 2.24) is 5.43 Å². The summed E-state index contributed by atoms with van der Waals surface area (Å²) in [7, 11) is 0. The summed E-state index contributed by atoms with van der Waals surface area (Å²) >= 11 is 6.13. The smallest absolute Gasteiger partial charge is 0.127 e.